The summed E-state index contributed by atoms with van der Waals surface area (Å²) in [6.07, 6.45) is 5.53. The first-order valence-electron chi connectivity index (χ1n) is 4.34. The van der Waals surface area contributed by atoms with Crippen molar-refractivity contribution in [3.8, 4) is 6.07 Å². The van der Waals surface area contributed by atoms with Gasteiger partial charge in [0, 0.05) is 12.4 Å². The van der Waals surface area contributed by atoms with Gasteiger partial charge in [-0.3, -0.25) is 4.99 Å². The van der Waals surface area contributed by atoms with Crippen LogP contribution in [0.15, 0.2) is 41.5 Å². The number of hydrogen-bond donors (Lipinski definition) is 0. The number of aliphatic imine (C=N–C) groups is 1. The molecule has 2 rings (SSSR count). The Balaban J connectivity index is 2.37. The van der Waals surface area contributed by atoms with E-state index < -0.39 is 0 Å². The molecule has 0 aromatic heterocycles. The Morgan fingerprint density at radius 1 is 1.36 bits per heavy atom. The summed E-state index contributed by atoms with van der Waals surface area (Å²) in [5.74, 6) is 0. The highest BCUT2D eigenvalue weighted by Gasteiger charge is 2.07. The second-order valence-corrected chi connectivity index (χ2v) is 2.91. The minimum absolute atomic E-state index is 0.579. The maximum atomic E-state index is 8.91. The normalized spacial score (nSPS) is 14.1. The van der Waals surface area contributed by atoms with Gasteiger partial charge in [0.15, 0.2) is 0 Å². The third-order valence-electron chi connectivity index (χ3n) is 2.03. The average molecular weight is 183 g/mol. The molecule has 1 aliphatic rings. The number of benzene rings is 1. The molecule has 1 heterocycles. The summed E-state index contributed by atoms with van der Waals surface area (Å²) in [6, 6.07) is 9.67. The van der Waals surface area contributed by atoms with Gasteiger partial charge in [-0.05, 0) is 18.2 Å². The zero-order valence-electron chi connectivity index (χ0n) is 7.59. The molecule has 1 aliphatic heterocycles. The molecule has 0 fully saturated rings. The highest BCUT2D eigenvalue weighted by atomic mass is 15.2. The molecule has 0 spiro atoms. The van der Waals surface area contributed by atoms with Crippen molar-refractivity contribution in [2.45, 2.75) is 0 Å². The van der Waals surface area contributed by atoms with E-state index in [2.05, 4.69) is 11.1 Å². The van der Waals surface area contributed by atoms with Gasteiger partial charge in [-0.2, -0.15) is 5.26 Å². The Morgan fingerprint density at radius 3 is 2.93 bits per heavy atom. The summed E-state index contributed by atoms with van der Waals surface area (Å²) in [7, 11) is 0. The number of allylic oxidation sites excluding steroid dienone is 1. The fraction of sp³-hybridized carbons (Fsp3) is 0.0909. The van der Waals surface area contributed by atoms with Crippen LogP contribution in [0.3, 0.4) is 0 Å². The first-order chi connectivity index (χ1) is 6.92. The molecule has 0 aliphatic carbocycles. The van der Waals surface area contributed by atoms with Crippen LogP contribution in [0.1, 0.15) is 5.56 Å². The smallest absolute Gasteiger partial charge is 0.114 e. The molecule has 0 saturated carbocycles. The van der Waals surface area contributed by atoms with Gasteiger partial charge < -0.3 is 4.90 Å². The third-order valence-corrected chi connectivity index (χ3v) is 2.03. The Kier molecular flexibility index (Phi) is 2.28. The van der Waals surface area contributed by atoms with Crippen LogP contribution in [0.2, 0.25) is 0 Å². The van der Waals surface area contributed by atoms with Crippen LogP contribution >= 0.6 is 0 Å². The second-order valence-electron chi connectivity index (χ2n) is 2.91. The van der Waals surface area contributed by atoms with Gasteiger partial charge in [0.2, 0.25) is 0 Å². The molecule has 3 nitrogen and oxygen atoms in total. The molecule has 0 N–H and O–H groups in total. The number of anilines is 1. The molecule has 14 heavy (non-hydrogen) atoms. The summed E-state index contributed by atoms with van der Waals surface area (Å²) >= 11 is 0. The number of rotatable bonds is 1. The highest BCUT2D eigenvalue weighted by molar-refractivity contribution is 5.75. The molecule has 0 unspecified atom stereocenters. The quantitative estimate of drug-likeness (QED) is 0.667. The topological polar surface area (TPSA) is 39.4 Å². The monoisotopic (exact) mass is 183 g/mol. The lowest BCUT2D eigenvalue weighted by atomic mass is 10.2. The van der Waals surface area contributed by atoms with Gasteiger partial charge in [0.1, 0.15) is 12.7 Å². The lowest BCUT2D eigenvalue weighted by molar-refractivity contribution is 0.968. The van der Waals surface area contributed by atoms with E-state index in [9.17, 15) is 0 Å². The van der Waals surface area contributed by atoms with Gasteiger partial charge in [-0.1, -0.05) is 12.1 Å². The summed E-state index contributed by atoms with van der Waals surface area (Å²) < 4.78 is 0. The predicted molar refractivity (Wildman–Crippen MR) is 56.1 cm³/mol. The molecular formula is C11H9N3. The van der Waals surface area contributed by atoms with E-state index in [1.165, 1.54) is 0 Å². The SMILES string of the molecule is N#Cc1ccccc1N1C=CC=NC1. The Labute approximate surface area is 82.6 Å². The summed E-state index contributed by atoms with van der Waals surface area (Å²) in [5.41, 5.74) is 1.58. The minimum atomic E-state index is 0.579. The van der Waals surface area contributed by atoms with Crippen LogP contribution in [0.5, 0.6) is 0 Å². The van der Waals surface area contributed by atoms with Crippen LogP contribution < -0.4 is 4.90 Å². The molecule has 0 saturated heterocycles. The minimum Gasteiger partial charge on any atom is -0.327 e. The van der Waals surface area contributed by atoms with Crippen molar-refractivity contribution in [3.63, 3.8) is 0 Å². The Hall–Kier alpha value is -2.08. The highest BCUT2D eigenvalue weighted by Crippen LogP contribution is 2.20. The molecule has 0 bridgehead atoms. The third kappa shape index (κ3) is 1.50. The van der Waals surface area contributed by atoms with Crippen molar-refractivity contribution in [3.05, 3.63) is 42.1 Å². The molecule has 0 atom stereocenters. The lowest BCUT2D eigenvalue weighted by Crippen LogP contribution is -2.19. The average Bonchev–Trinajstić information content (AvgIpc) is 2.30. The second kappa shape index (κ2) is 3.75. The molecule has 0 radical (unpaired) electrons. The molecule has 3 heteroatoms. The molecule has 68 valence electrons. The van der Waals surface area contributed by atoms with Gasteiger partial charge in [-0.25, -0.2) is 0 Å². The van der Waals surface area contributed by atoms with Crippen molar-refractivity contribution < 1.29 is 0 Å². The van der Waals surface area contributed by atoms with E-state index in [4.69, 9.17) is 5.26 Å². The summed E-state index contributed by atoms with van der Waals surface area (Å²) in [6.45, 7) is 0.579. The first kappa shape index (κ1) is 8.52. The molecular weight excluding hydrogens is 174 g/mol. The van der Waals surface area contributed by atoms with Crippen LogP contribution in [0, 0.1) is 11.3 Å². The van der Waals surface area contributed by atoms with E-state index >= 15 is 0 Å². The van der Waals surface area contributed by atoms with E-state index in [0.29, 0.717) is 12.2 Å². The number of nitrogens with zero attached hydrogens (tertiary/aromatic N) is 3. The van der Waals surface area contributed by atoms with Gasteiger partial charge in [0.25, 0.3) is 0 Å². The van der Waals surface area contributed by atoms with Crippen LogP contribution in [-0.4, -0.2) is 12.9 Å². The van der Waals surface area contributed by atoms with Crippen LogP contribution in [0.4, 0.5) is 5.69 Å². The van der Waals surface area contributed by atoms with Gasteiger partial charge >= 0.3 is 0 Å². The maximum Gasteiger partial charge on any atom is 0.114 e. The van der Waals surface area contributed by atoms with Crippen molar-refractivity contribution in [2.75, 3.05) is 11.6 Å². The first-order valence-corrected chi connectivity index (χ1v) is 4.34. The van der Waals surface area contributed by atoms with E-state index in [0.717, 1.165) is 5.69 Å². The van der Waals surface area contributed by atoms with Crippen molar-refractivity contribution in [1.82, 2.24) is 0 Å². The standard InChI is InChI=1S/C11H9N3/c12-8-10-4-1-2-5-11(10)14-7-3-6-13-9-14/h1-7H,9H2. The van der Waals surface area contributed by atoms with Crippen molar-refractivity contribution in [2.24, 2.45) is 4.99 Å². The van der Waals surface area contributed by atoms with E-state index in [1.807, 2.05) is 41.4 Å². The molecule has 1 aromatic rings. The molecule has 0 amide bonds. The fourth-order valence-corrected chi connectivity index (χ4v) is 1.36. The van der Waals surface area contributed by atoms with Crippen molar-refractivity contribution in [1.29, 1.82) is 5.26 Å². The Bertz CT molecular complexity index is 426. The summed E-state index contributed by atoms with van der Waals surface area (Å²) in [4.78, 5) is 6.06. The lowest BCUT2D eigenvalue weighted by Gasteiger charge is -2.20. The van der Waals surface area contributed by atoms with E-state index in [-0.39, 0.29) is 0 Å². The predicted octanol–water partition coefficient (Wildman–Crippen LogP) is 1.92. The summed E-state index contributed by atoms with van der Waals surface area (Å²) in [5, 5.41) is 8.91. The number of hydrogen-bond acceptors (Lipinski definition) is 3. The Morgan fingerprint density at radius 2 is 2.21 bits per heavy atom. The van der Waals surface area contributed by atoms with Gasteiger partial charge in [-0.15, -0.1) is 0 Å². The molecule has 1 aromatic carbocycles. The number of para-hydroxylation sites is 1. The zero-order chi connectivity index (χ0) is 9.80. The van der Waals surface area contributed by atoms with E-state index in [1.54, 1.807) is 6.21 Å². The van der Waals surface area contributed by atoms with Crippen LogP contribution in [0.25, 0.3) is 0 Å². The largest absolute Gasteiger partial charge is 0.327 e. The number of nitriles is 1. The van der Waals surface area contributed by atoms with Gasteiger partial charge in [0.05, 0.1) is 11.3 Å². The maximum absolute atomic E-state index is 8.91. The zero-order valence-corrected chi connectivity index (χ0v) is 7.59. The van der Waals surface area contributed by atoms with Crippen molar-refractivity contribution >= 4 is 11.9 Å². The fourth-order valence-electron chi connectivity index (χ4n) is 1.36. The van der Waals surface area contributed by atoms with Crippen LogP contribution in [-0.2, 0) is 0 Å².